The van der Waals surface area contributed by atoms with E-state index in [1.54, 1.807) is 0 Å². The second-order valence-electron chi connectivity index (χ2n) is 4.54. The van der Waals surface area contributed by atoms with E-state index in [2.05, 4.69) is 24.2 Å². The SMILES string of the molecule is CCCCCCNCC1CCCN1C. The average molecular weight is 198 g/mol. The van der Waals surface area contributed by atoms with Crippen molar-refractivity contribution in [3.8, 4) is 0 Å². The van der Waals surface area contributed by atoms with Gasteiger partial charge in [0.25, 0.3) is 0 Å². The lowest BCUT2D eigenvalue weighted by Gasteiger charge is -2.19. The molecule has 1 saturated heterocycles. The Balaban J connectivity index is 1.88. The highest BCUT2D eigenvalue weighted by Crippen LogP contribution is 2.13. The number of hydrogen-bond donors (Lipinski definition) is 1. The molecule has 1 rings (SSSR count). The van der Waals surface area contributed by atoms with E-state index in [4.69, 9.17) is 0 Å². The van der Waals surface area contributed by atoms with Gasteiger partial charge in [-0.2, -0.15) is 0 Å². The van der Waals surface area contributed by atoms with E-state index >= 15 is 0 Å². The summed E-state index contributed by atoms with van der Waals surface area (Å²) in [6, 6.07) is 0.807. The van der Waals surface area contributed by atoms with Crippen LogP contribution in [0.15, 0.2) is 0 Å². The van der Waals surface area contributed by atoms with Crippen molar-refractivity contribution in [1.29, 1.82) is 0 Å². The summed E-state index contributed by atoms with van der Waals surface area (Å²) in [4.78, 5) is 2.49. The molecule has 0 aliphatic carbocycles. The number of nitrogens with one attached hydrogen (secondary N) is 1. The Morgan fingerprint density at radius 1 is 1.29 bits per heavy atom. The van der Waals surface area contributed by atoms with Crippen molar-refractivity contribution >= 4 is 0 Å². The van der Waals surface area contributed by atoms with Crippen LogP contribution in [0.5, 0.6) is 0 Å². The summed E-state index contributed by atoms with van der Waals surface area (Å²) in [5.41, 5.74) is 0. The van der Waals surface area contributed by atoms with E-state index in [1.165, 1.54) is 58.2 Å². The Hall–Kier alpha value is -0.0800. The Morgan fingerprint density at radius 3 is 2.79 bits per heavy atom. The zero-order valence-electron chi connectivity index (χ0n) is 9.89. The van der Waals surface area contributed by atoms with Crippen LogP contribution in [0.25, 0.3) is 0 Å². The standard InChI is InChI=1S/C12H26N2/c1-3-4-5-6-9-13-11-12-8-7-10-14(12)2/h12-13H,3-11H2,1-2H3. The van der Waals surface area contributed by atoms with Crippen molar-refractivity contribution in [3.63, 3.8) is 0 Å². The number of unbranched alkanes of at least 4 members (excludes halogenated alkanes) is 3. The molecule has 2 nitrogen and oxygen atoms in total. The topological polar surface area (TPSA) is 15.3 Å². The van der Waals surface area contributed by atoms with Crippen LogP contribution < -0.4 is 5.32 Å². The molecule has 0 amide bonds. The predicted octanol–water partition coefficient (Wildman–Crippen LogP) is 2.25. The van der Waals surface area contributed by atoms with Gasteiger partial charge in [-0.05, 0) is 39.4 Å². The minimum atomic E-state index is 0.807. The van der Waals surface area contributed by atoms with E-state index < -0.39 is 0 Å². The van der Waals surface area contributed by atoms with Crippen molar-refractivity contribution in [2.75, 3.05) is 26.7 Å². The summed E-state index contributed by atoms with van der Waals surface area (Å²) < 4.78 is 0. The number of rotatable bonds is 7. The highest BCUT2D eigenvalue weighted by Gasteiger charge is 2.19. The van der Waals surface area contributed by atoms with E-state index in [-0.39, 0.29) is 0 Å². The molecule has 0 aromatic heterocycles. The maximum absolute atomic E-state index is 3.57. The monoisotopic (exact) mass is 198 g/mol. The summed E-state index contributed by atoms with van der Waals surface area (Å²) >= 11 is 0. The zero-order chi connectivity index (χ0) is 10.2. The smallest absolute Gasteiger partial charge is 0.0218 e. The largest absolute Gasteiger partial charge is 0.315 e. The van der Waals surface area contributed by atoms with Crippen LogP contribution in [0, 0.1) is 0 Å². The van der Waals surface area contributed by atoms with Gasteiger partial charge in [0.15, 0.2) is 0 Å². The van der Waals surface area contributed by atoms with Gasteiger partial charge in [0, 0.05) is 12.6 Å². The zero-order valence-corrected chi connectivity index (χ0v) is 9.89. The quantitative estimate of drug-likeness (QED) is 0.631. The molecule has 1 heterocycles. The fourth-order valence-electron chi connectivity index (χ4n) is 2.18. The molecule has 1 fully saturated rings. The lowest BCUT2D eigenvalue weighted by Crippen LogP contribution is -2.35. The predicted molar refractivity (Wildman–Crippen MR) is 62.7 cm³/mol. The molecule has 0 aromatic rings. The third kappa shape index (κ3) is 4.43. The third-order valence-corrected chi connectivity index (χ3v) is 3.26. The molecule has 0 saturated carbocycles. The van der Waals surface area contributed by atoms with Crippen LogP contribution in [0.3, 0.4) is 0 Å². The number of nitrogens with zero attached hydrogens (tertiary/aromatic N) is 1. The average Bonchev–Trinajstić information content (AvgIpc) is 2.58. The summed E-state index contributed by atoms with van der Waals surface area (Å²) in [6.45, 7) is 5.97. The van der Waals surface area contributed by atoms with Crippen molar-refractivity contribution < 1.29 is 0 Å². The van der Waals surface area contributed by atoms with E-state index in [0.29, 0.717) is 0 Å². The molecule has 1 aliphatic heterocycles. The first-order valence-electron chi connectivity index (χ1n) is 6.25. The van der Waals surface area contributed by atoms with Crippen LogP contribution in [-0.4, -0.2) is 37.6 Å². The first-order valence-corrected chi connectivity index (χ1v) is 6.25. The Bertz CT molecular complexity index is 136. The van der Waals surface area contributed by atoms with Gasteiger partial charge >= 0.3 is 0 Å². The van der Waals surface area contributed by atoms with Crippen LogP contribution >= 0.6 is 0 Å². The van der Waals surface area contributed by atoms with Gasteiger partial charge in [-0.3, -0.25) is 0 Å². The molecular formula is C12H26N2. The van der Waals surface area contributed by atoms with Gasteiger partial charge in [0.2, 0.25) is 0 Å². The van der Waals surface area contributed by atoms with Gasteiger partial charge < -0.3 is 10.2 Å². The Kier molecular flexibility index (Phi) is 6.20. The van der Waals surface area contributed by atoms with Gasteiger partial charge in [-0.25, -0.2) is 0 Å². The van der Waals surface area contributed by atoms with Gasteiger partial charge in [0.05, 0.1) is 0 Å². The Labute approximate surface area is 89.1 Å². The molecule has 0 bridgehead atoms. The summed E-state index contributed by atoms with van der Waals surface area (Å²) in [5.74, 6) is 0. The molecule has 0 radical (unpaired) electrons. The number of hydrogen-bond acceptors (Lipinski definition) is 2. The second kappa shape index (κ2) is 7.24. The molecular weight excluding hydrogens is 172 g/mol. The number of likely N-dealkylation sites (tertiary alicyclic amines) is 1. The van der Waals surface area contributed by atoms with E-state index in [9.17, 15) is 0 Å². The van der Waals surface area contributed by atoms with Crippen LogP contribution in [0.2, 0.25) is 0 Å². The maximum atomic E-state index is 3.57. The molecule has 1 atom stereocenters. The second-order valence-corrected chi connectivity index (χ2v) is 4.54. The fourth-order valence-corrected chi connectivity index (χ4v) is 2.18. The van der Waals surface area contributed by atoms with Crippen molar-refractivity contribution in [3.05, 3.63) is 0 Å². The minimum absolute atomic E-state index is 0.807. The van der Waals surface area contributed by atoms with Crippen molar-refractivity contribution in [2.24, 2.45) is 0 Å². The van der Waals surface area contributed by atoms with Gasteiger partial charge in [-0.15, -0.1) is 0 Å². The van der Waals surface area contributed by atoms with Crippen LogP contribution in [0.4, 0.5) is 0 Å². The molecule has 0 aromatic carbocycles. The summed E-state index contributed by atoms with van der Waals surface area (Å²) in [6.07, 6.45) is 8.25. The summed E-state index contributed by atoms with van der Waals surface area (Å²) in [7, 11) is 2.25. The maximum Gasteiger partial charge on any atom is 0.0218 e. The van der Waals surface area contributed by atoms with Crippen molar-refractivity contribution in [2.45, 2.75) is 51.5 Å². The Morgan fingerprint density at radius 2 is 2.14 bits per heavy atom. The van der Waals surface area contributed by atoms with Crippen molar-refractivity contribution in [1.82, 2.24) is 10.2 Å². The summed E-state index contributed by atoms with van der Waals surface area (Å²) in [5, 5.41) is 3.57. The molecule has 84 valence electrons. The lowest BCUT2D eigenvalue weighted by molar-refractivity contribution is 0.300. The van der Waals surface area contributed by atoms with Gasteiger partial charge in [-0.1, -0.05) is 26.2 Å². The molecule has 14 heavy (non-hydrogen) atoms. The minimum Gasteiger partial charge on any atom is -0.315 e. The normalized spacial score (nSPS) is 23.1. The molecule has 1 aliphatic rings. The highest BCUT2D eigenvalue weighted by molar-refractivity contribution is 4.77. The molecule has 2 heteroatoms. The fraction of sp³-hybridized carbons (Fsp3) is 1.00. The van der Waals surface area contributed by atoms with Crippen LogP contribution in [-0.2, 0) is 0 Å². The van der Waals surface area contributed by atoms with E-state index in [0.717, 1.165) is 6.04 Å². The molecule has 1 N–H and O–H groups in total. The molecule has 0 spiro atoms. The van der Waals surface area contributed by atoms with E-state index in [1.807, 2.05) is 0 Å². The van der Waals surface area contributed by atoms with Crippen LogP contribution in [0.1, 0.15) is 45.4 Å². The molecule has 1 unspecified atom stereocenters. The third-order valence-electron chi connectivity index (χ3n) is 3.26. The van der Waals surface area contributed by atoms with Gasteiger partial charge in [0.1, 0.15) is 0 Å². The first-order chi connectivity index (χ1) is 6.84. The first kappa shape index (κ1) is 12.0. The lowest BCUT2D eigenvalue weighted by atomic mass is 10.2. The number of likely N-dealkylation sites (N-methyl/N-ethyl adjacent to an activating group) is 1. The highest BCUT2D eigenvalue weighted by atomic mass is 15.2.